The van der Waals surface area contributed by atoms with E-state index in [1.54, 1.807) is 0 Å². The molecule has 6 heteroatoms. The minimum atomic E-state index is -3.34. The van der Waals surface area contributed by atoms with Gasteiger partial charge in [0, 0.05) is 25.4 Å². The SMILES string of the molecule is C[C@H](C(=O)NC[C@H]1CCCCN1Cc1ccccc1)S(C)(=O)=O. The molecule has 1 aliphatic rings. The lowest BCUT2D eigenvalue weighted by molar-refractivity contribution is -0.120. The topological polar surface area (TPSA) is 66.5 Å². The van der Waals surface area contributed by atoms with E-state index >= 15 is 0 Å². The zero-order valence-corrected chi connectivity index (χ0v) is 14.7. The Morgan fingerprint density at radius 2 is 2.00 bits per heavy atom. The summed E-state index contributed by atoms with van der Waals surface area (Å²) in [4.78, 5) is 14.4. The van der Waals surface area contributed by atoms with Gasteiger partial charge in [-0.25, -0.2) is 8.42 Å². The summed E-state index contributed by atoms with van der Waals surface area (Å²) in [5, 5.41) is 1.82. The molecule has 128 valence electrons. The first-order chi connectivity index (χ1) is 10.9. The van der Waals surface area contributed by atoms with Crippen molar-refractivity contribution in [2.75, 3.05) is 19.3 Å². The highest BCUT2D eigenvalue weighted by molar-refractivity contribution is 7.92. The number of carbonyl (C=O) groups is 1. The molecule has 1 aliphatic heterocycles. The van der Waals surface area contributed by atoms with Crippen molar-refractivity contribution in [3.63, 3.8) is 0 Å². The number of rotatable bonds is 6. The zero-order chi connectivity index (χ0) is 16.9. The maximum absolute atomic E-state index is 12.0. The highest BCUT2D eigenvalue weighted by Gasteiger charge is 2.26. The number of hydrogen-bond donors (Lipinski definition) is 1. The number of amides is 1. The molecular formula is C17H26N2O3S. The molecule has 2 rings (SSSR count). The molecule has 1 saturated heterocycles. The molecule has 1 amide bonds. The van der Waals surface area contributed by atoms with E-state index in [-0.39, 0.29) is 6.04 Å². The fourth-order valence-corrected chi connectivity index (χ4v) is 3.35. The predicted molar refractivity (Wildman–Crippen MR) is 91.8 cm³/mol. The van der Waals surface area contributed by atoms with Gasteiger partial charge in [0.05, 0.1) is 0 Å². The molecule has 1 heterocycles. The molecule has 0 unspecified atom stereocenters. The predicted octanol–water partition coefficient (Wildman–Crippen LogP) is 1.59. The second kappa shape index (κ2) is 7.93. The van der Waals surface area contributed by atoms with Crippen LogP contribution in [0.5, 0.6) is 0 Å². The maximum atomic E-state index is 12.0. The molecule has 1 fully saturated rings. The van der Waals surface area contributed by atoms with Crippen LogP contribution in [-0.2, 0) is 21.2 Å². The van der Waals surface area contributed by atoms with Gasteiger partial charge in [0.1, 0.15) is 5.25 Å². The first-order valence-electron chi connectivity index (χ1n) is 8.12. The van der Waals surface area contributed by atoms with E-state index in [1.807, 2.05) is 18.2 Å². The Hall–Kier alpha value is -1.40. The largest absolute Gasteiger partial charge is 0.353 e. The number of benzene rings is 1. The van der Waals surface area contributed by atoms with Gasteiger partial charge in [-0.05, 0) is 31.9 Å². The third-order valence-electron chi connectivity index (χ3n) is 4.50. The van der Waals surface area contributed by atoms with Gasteiger partial charge in [-0.15, -0.1) is 0 Å². The summed E-state index contributed by atoms with van der Waals surface area (Å²) < 4.78 is 22.9. The van der Waals surface area contributed by atoms with E-state index in [0.29, 0.717) is 6.54 Å². The Bertz CT molecular complexity index is 616. The molecule has 1 aromatic rings. The fourth-order valence-electron chi connectivity index (χ4n) is 2.87. The van der Waals surface area contributed by atoms with Gasteiger partial charge in [-0.2, -0.15) is 0 Å². The Morgan fingerprint density at radius 3 is 2.65 bits per heavy atom. The van der Waals surface area contributed by atoms with Gasteiger partial charge >= 0.3 is 0 Å². The second-order valence-corrected chi connectivity index (χ2v) is 8.69. The summed E-state index contributed by atoms with van der Waals surface area (Å²) >= 11 is 0. The van der Waals surface area contributed by atoms with E-state index in [1.165, 1.54) is 12.5 Å². The van der Waals surface area contributed by atoms with Crippen molar-refractivity contribution in [3.05, 3.63) is 35.9 Å². The van der Waals surface area contributed by atoms with E-state index in [4.69, 9.17) is 0 Å². The molecular weight excluding hydrogens is 312 g/mol. The van der Waals surface area contributed by atoms with E-state index in [9.17, 15) is 13.2 Å². The van der Waals surface area contributed by atoms with Crippen molar-refractivity contribution < 1.29 is 13.2 Å². The van der Waals surface area contributed by atoms with Crippen LogP contribution in [0.1, 0.15) is 31.7 Å². The number of hydrogen-bond acceptors (Lipinski definition) is 4. The highest BCUT2D eigenvalue weighted by Crippen LogP contribution is 2.19. The molecule has 0 aliphatic carbocycles. The molecule has 23 heavy (non-hydrogen) atoms. The summed E-state index contributed by atoms with van der Waals surface area (Å²) in [6.45, 7) is 3.82. The number of carbonyl (C=O) groups excluding carboxylic acids is 1. The summed E-state index contributed by atoms with van der Waals surface area (Å²) in [5.74, 6) is -0.405. The Kier molecular flexibility index (Phi) is 6.18. The molecule has 0 radical (unpaired) electrons. The third-order valence-corrected chi connectivity index (χ3v) is 6.00. The zero-order valence-electron chi connectivity index (χ0n) is 13.9. The van der Waals surface area contributed by atoms with E-state index < -0.39 is 21.0 Å². The van der Waals surface area contributed by atoms with Crippen molar-refractivity contribution in [3.8, 4) is 0 Å². The third kappa shape index (κ3) is 5.32. The molecule has 0 spiro atoms. The van der Waals surface area contributed by atoms with Crippen LogP contribution in [0.2, 0.25) is 0 Å². The van der Waals surface area contributed by atoms with Crippen molar-refractivity contribution >= 4 is 15.7 Å². The van der Waals surface area contributed by atoms with Gasteiger partial charge in [0.2, 0.25) is 5.91 Å². The summed E-state index contributed by atoms with van der Waals surface area (Å²) in [7, 11) is -3.34. The van der Waals surface area contributed by atoms with Crippen LogP contribution in [0.15, 0.2) is 30.3 Å². The van der Waals surface area contributed by atoms with Gasteiger partial charge in [0.15, 0.2) is 9.84 Å². The monoisotopic (exact) mass is 338 g/mol. The quantitative estimate of drug-likeness (QED) is 0.855. The molecule has 5 nitrogen and oxygen atoms in total. The van der Waals surface area contributed by atoms with Crippen LogP contribution in [0.4, 0.5) is 0 Å². The maximum Gasteiger partial charge on any atom is 0.238 e. The number of nitrogens with one attached hydrogen (secondary N) is 1. The van der Waals surface area contributed by atoms with Crippen molar-refractivity contribution in [1.29, 1.82) is 0 Å². The lowest BCUT2D eigenvalue weighted by atomic mass is 10.0. The average Bonchev–Trinajstić information content (AvgIpc) is 2.53. The van der Waals surface area contributed by atoms with Crippen LogP contribution < -0.4 is 5.32 Å². The molecule has 0 saturated carbocycles. The molecule has 2 atom stereocenters. The van der Waals surface area contributed by atoms with Crippen LogP contribution in [0.3, 0.4) is 0 Å². The van der Waals surface area contributed by atoms with Crippen LogP contribution in [0, 0.1) is 0 Å². The van der Waals surface area contributed by atoms with Crippen molar-refractivity contribution in [1.82, 2.24) is 10.2 Å². The smallest absolute Gasteiger partial charge is 0.238 e. The average molecular weight is 338 g/mol. The highest BCUT2D eigenvalue weighted by atomic mass is 32.2. The Morgan fingerprint density at radius 1 is 1.30 bits per heavy atom. The molecule has 1 N–H and O–H groups in total. The Balaban J connectivity index is 1.92. The fraction of sp³-hybridized carbons (Fsp3) is 0.588. The molecule has 1 aromatic carbocycles. The normalized spacial score (nSPS) is 20.9. The van der Waals surface area contributed by atoms with E-state index in [0.717, 1.165) is 38.6 Å². The molecule has 0 aromatic heterocycles. The van der Waals surface area contributed by atoms with Gasteiger partial charge in [-0.3, -0.25) is 9.69 Å². The van der Waals surface area contributed by atoms with Crippen LogP contribution in [-0.4, -0.2) is 49.9 Å². The summed E-state index contributed by atoms with van der Waals surface area (Å²) in [6, 6.07) is 10.5. The first kappa shape index (κ1) is 17.9. The minimum Gasteiger partial charge on any atom is -0.353 e. The van der Waals surface area contributed by atoms with Gasteiger partial charge in [-0.1, -0.05) is 36.8 Å². The minimum absolute atomic E-state index is 0.264. The van der Waals surface area contributed by atoms with Crippen molar-refractivity contribution in [2.24, 2.45) is 0 Å². The Labute approximate surface area is 139 Å². The summed E-state index contributed by atoms with van der Waals surface area (Å²) in [6.07, 6.45) is 4.43. The number of nitrogens with zero attached hydrogens (tertiary/aromatic N) is 1. The van der Waals surface area contributed by atoms with Crippen LogP contribution in [0.25, 0.3) is 0 Å². The van der Waals surface area contributed by atoms with E-state index in [2.05, 4.69) is 22.3 Å². The van der Waals surface area contributed by atoms with Gasteiger partial charge in [0.25, 0.3) is 0 Å². The van der Waals surface area contributed by atoms with Crippen molar-refractivity contribution in [2.45, 2.75) is 44.0 Å². The number of sulfone groups is 1. The lowest BCUT2D eigenvalue weighted by Gasteiger charge is -2.36. The lowest BCUT2D eigenvalue weighted by Crippen LogP contribution is -2.48. The van der Waals surface area contributed by atoms with Crippen LogP contribution >= 0.6 is 0 Å². The first-order valence-corrected chi connectivity index (χ1v) is 10.1. The van der Waals surface area contributed by atoms with Gasteiger partial charge < -0.3 is 5.32 Å². The summed E-state index contributed by atoms with van der Waals surface area (Å²) in [5.41, 5.74) is 1.26. The standard InChI is InChI=1S/C17H26N2O3S/c1-14(23(2,21)22)17(20)18-12-16-10-6-7-11-19(16)13-15-8-4-3-5-9-15/h3-5,8-9,14,16H,6-7,10-13H2,1-2H3,(H,18,20)/t14-,16-/m1/s1. The molecule has 0 bridgehead atoms. The number of likely N-dealkylation sites (tertiary alicyclic amines) is 1. The number of piperidine rings is 1. The second-order valence-electron chi connectivity index (χ2n) is 6.32.